The van der Waals surface area contributed by atoms with Crippen LogP contribution in [-0.2, 0) is 27.8 Å². The van der Waals surface area contributed by atoms with E-state index in [1.807, 2.05) is 0 Å². The van der Waals surface area contributed by atoms with Crippen molar-refractivity contribution in [2.24, 2.45) is 0 Å². The Bertz CT molecular complexity index is 109. The van der Waals surface area contributed by atoms with Gasteiger partial charge in [-0.3, -0.25) is 0 Å². The van der Waals surface area contributed by atoms with Crippen LogP contribution in [-0.4, -0.2) is 12.6 Å². The monoisotopic (exact) mass is 287 g/mol. The standard InChI is InChI=1S/C8H15O2.BrH.Zn/c1-3-4-5-6-7-10-8(2)9;;/h1,3-7H2,2H3;1H;. The normalized spacial score (nSPS) is 8.92. The molecule has 0 saturated heterocycles. The van der Waals surface area contributed by atoms with Crippen molar-refractivity contribution in [3.05, 3.63) is 0 Å². The molecular weight excluding hydrogens is 273 g/mol. The number of unbranched alkanes of at least 4 members (excludes halogenated alkanes) is 3. The number of ether oxygens (including phenoxy) is 1. The molecule has 69 valence electrons. The third kappa shape index (κ3) is 13.2. The van der Waals surface area contributed by atoms with Crippen molar-refractivity contribution in [2.45, 2.75) is 37.6 Å². The molecule has 0 aliphatic heterocycles. The van der Waals surface area contributed by atoms with Crippen LogP contribution < -0.4 is 0 Å². The minimum atomic E-state index is -0.160. The molecule has 0 unspecified atom stereocenters. The van der Waals surface area contributed by atoms with Crippen LogP contribution in [0.5, 0.6) is 0 Å². The summed E-state index contributed by atoms with van der Waals surface area (Å²) >= 11 is 1.41. The first kappa shape index (κ1) is 15.1. The van der Waals surface area contributed by atoms with E-state index in [9.17, 15) is 4.79 Å². The molecule has 4 heteroatoms. The van der Waals surface area contributed by atoms with Gasteiger partial charge in [0.25, 0.3) is 0 Å². The second kappa shape index (κ2) is 11.6. The zero-order chi connectivity index (χ0) is 8.53. The third-order valence-corrected chi connectivity index (χ3v) is 2.50. The van der Waals surface area contributed by atoms with Crippen LogP contribution in [0.2, 0.25) is 5.02 Å². The molecule has 12 heavy (non-hydrogen) atoms. The quantitative estimate of drug-likeness (QED) is 0.427. The van der Waals surface area contributed by atoms with Gasteiger partial charge in [0.2, 0.25) is 0 Å². The number of esters is 1. The van der Waals surface area contributed by atoms with Crippen molar-refractivity contribution in [2.75, 3.05) is 6.61 Å². The summed E-state index contributed by atoms with van der Waals surface area (Å²) in [6, 6.07) is 0. The van der Waals surface area contributed by atoms with Crippen LogP contribution in [0.3, 0.4) is 0 Å². The van der Waals surface area contributed by atoms with Crippen LogP contribution in [0.4, 0.5) is 0 Å². The third-order valence-electron chi connectivity index (χ3n) is 1.45. The number of hydrogen-bond acceptors (Lipinski definition) is 2. The Labute approximate surface area is 94.9 Å². The zero-order valence-electron chi connectivity index (χ0n) is 7.67. The second-order valence-electron chi connectivity index (χ2n) is 2.61. The van der Waals surface area contributed by atoms with Crippen LogP contribution in [0.1, 0.15) is 32.6 Å². The molecule has 0 aliphatic carbocycles. The predicted molar refractivity (Wildman–Crippen MR) is 50.2 cm³/mol. The Balaban J connectivity index is 0. The van der Waals surface area contributed by atoms with Gasteiger partial charge in [-0.15, -0.1) is 17.0 Å². The fourth-order valence-electron chi connectivity index (χ4n) is 0.848. The molecule has 0 bridgehead atoms. The van der Waals surface area contributed by atoms with Crippen molar-refractivity contribution in [3.63, 3.8) is 0 Å². The van der Waals surface area contributed by atoms with Crippen LogP contribution >= 0.6 is 17.0 Å². The molecule has 0 fully saturated rings. The van der Waals surface area contributed by atoms with E-state index in [0.29, 0.717) is 6.61 Å². The summed E-state index contributed by atoms with van der Waals surface area (Å²) in [6.45, 7) is 2.06. The van der Waals surface area contributed by atoms with Gasteiger partial charge >= 0.3 is 78.0 Å². The SMILES string of the molecule is Br.CC(=O)OCCCCC[CH2][Zn]. The van der Waals surface area contributed by atoms with Gasteiger partial charge in [0.1, 0.15) is 0 Å². The van der Waals surface area contributed by atoms with E-state index in [2.05, 4.69) is 0 Å². The molecule has 0 aromatic carbocycles. The summed E-state index contributed by atoms with van der Waals surface area (Å²) in [5.41, 5.74) is 0. The van der Waals surface area contributed by atoms with E-state index in [1.165, 1.54) is 49.5 Å². The Morgan fingerprint density at radius 2 is 1.83 bits per heavy atom. The number of hydrogen-bond donors (Lipinski definition) is 0. The first-order chi connectivity index (χ1) is 5.27. The molecule has 0 rings (SSSR count). The molecule has 2 nitrogen and oxygen atoms in total. The van der Waals surface area contributed by atoms with E-state index in [4.69, 9.17) is 4.74 Å². The van der Waals surface area contributed by atoms with Crippen molar-refractivity contribution in [3.8, 4) is 0 Å². The molecule has 0 radical (unpaired) electrons. The molecule has 0 spiro atoms. The van der Waals surface area contributed by atoms with Gasteiger partial charge in [0, 0.05) is 0 Å². The number of carbonyl (C=O) groups excluding carboxylic acids is 1. The van der Waals surface area contributed by atoms with Gasteiger partial charge in [0.05, 0.1) is 0 Å². The van der Waals surface area contributed by atoms with E-state index >= 15 is 0 Å². The van der Waals surface area contributed by atoms with Gasteiger partial charge in [-0.2, -0.15) is 0 Å². The summed E-state index contributed by atoms with van der Waals surface area (Å²) < 4.78 is 4.79. The van der Waals surface area contributed by atoms with Crippen molar-refractivity contribution in [1.29, 1.82) is 0 Å². The molecule has 0 amide bonds. The first-order valence-electron chi connectivity index (χ1n) is 4.20. The summed E-state index contributed by atoms with van der Waals surface area (Å²) in [6.07, 6.45) is 4.87. The summed E-state index contributed by atoms with van der Waals surface area (Å²) in [5.74, 6) is -0.160. The Morgan fingerprint density at radius 1 is 1.25 bits per heavy atom. The summed E-state index contributed by atoms with van der Waals surface area (Å²) in [5, 5.41) is 1.38. The summed E-state index contributed by atoms with van der Waals surface area (Å²) in [7, 11) is 0. The Hall–Kier alpha value is 0.573. The first-order valence-corrected chi connectivity index (χ1v) is 6.29. The Kier molecular flexibility index (Phi) is 14.5. The van der Waals surface area contributed by atoms with Gasteiger partial charge in [-0.25, -0.2) is 0 Å². The molecule has 0 aromatic heterocycles. The van der Waals surface area contributed by atoms with Gasteiger partial charge in [0.15, 0.2) is 0 Å². The fourth-order valence-corrected chi connectivity index (χ4v) is 1.59. The van der Waals surface area contributed by atoms with E-state index < -0.39 is 0 Å². The molecule has 0 saturated carbocycles. The van der Waals surface area contributed by atoms with Crippen LogP contribution in [0, 0.1) is 0 Å². The molecule has 0 aliphatic rings. The predicted octanol–water partition coefficient (Wildman–Crippen LogP) is 2.65. The van der Waals surface area contributed by atoms with Crippen LogP contribution in [0.15, 0.2) is 0 Å². The Morgan fingerprint density at radius 3 is 2.33 bits per heavy atom. The average Bonchev–Trinajstić information content (AvgIpc) is 1.96. The average molecular weight is 290 g/mol. The summed E-state index contributed by atoms with van der Waals surface area (Å²) in [4.78, 5) is 10.3. The molecule has 0 atom stereocenters. The van der Waals surface area contributed by atoms with E-state index in [0.717, 1.165) is 6.42 Å². The number of rotatable bonds is 6. The van der Waals surface area contributed by atoms with Crippen molar-refractivity contribution >= 4 is 23.0 Å². The second-order valence-corrected chi connectivity index (χ2v) is 4.09. The van der Waals surface area contributed by atoms with E-state index in [1.54, 1.807) is 0 Å². The molecule has 0 heterocycles. The van der Waals surface area contributed by atoms with Crippen molar-refractivity contribution in [1.82, 2.24) is 0 Å². The van der Waals surface area contributed by atoms with Crippen molar-refractivity contribution < 1.29 is 27.8 Å². The maximum atomic E-state index is 10.3. The fraction of sp³-hybridized carbons (Fsp3) is 0.875. The van der Waals surface area contributed by atoms with E-state index in [-0.39, 0.29) is 23.0 Å². The zero-order valence-corrected chi connectivity index (χ0v) is 12.4. The number of carbonyl (C=O) groups is 1. The topological polar surface area (TPSA) is 26.3 Å². The van der Waals surface area contributed by atoms with Crippen LogP contribution in [0.25, 0.3) is 0 Å². The molecular formula is C8H16BrO2Zn. The van der Waals surface area contributed by atoms with Gasteiger partial charge < -0.3 is 0 Å². The molecule has 0 N–H and O–H groups in total. The van der Waals surface area contributed by atoms with Gasteiger partial charge in [-0.05, 0) is 0 Å². The molecule has 0 aromatic rings. The maximum absolute atomic E-state index is 10.3. The minimum absolute atomic E-state index is 0. The number of halogens is 1. The van der Waals surface area contributed by atoms with Gasteiger partial charge in [-0.1, -0.05) is 0 Å².